The first kappa shape index (κ1) is 14.9. The quantitative estimate of drug-likeness (QED) is 0.777. The van der Waals surface area contributed by atoms with Gasteiger partial charge in [0.25, 0.3) is 5.91 Å². The van der Waals surface area contributed by atoms with Crippen LogP contribution in [0.25, 0.3) is 22.6 Å². The number of piperidine rings is 1. The predicted molar refractivity (Wildman–Crippen MR) is 92.8 cm³/mol. The van der Waals surface area contributed by atoms with Crippen LogP contribution in [0.1, 0.15) is 34.7 Å². The Labute approximate surface area is 139 Å². The van der Waals surface area contributed by atoms with Gasteiger partial charge < -0.3 is 15.5 Å². The Bertz CT molecular complexity index is 877. The number of amides is 1. The highest BCUT2D eigenvalue weighted by Crippen LogP contribution is 2.30. The third kappa shape index (κ3) is 2.67. The molecule has 1 aliphatic heterocycles. The number of nitrogens with one attached hydrogen (secondary N) is 1. The van der Waals surface area contributed by atoms with Gasteiger partial charge in [0.05, 0.1) is 5.56 Å². The number of hydrogen-bond donors (Lipinski definition) is 2. The maximum atomic E-state index is 11.5. The van der Waals surface area contributed by atoms with E-state index in [0.29, 0.717) is 28.5 Å². The first-order valence-electron chi connectivity index (χ1n) is 8.23. The van der Waals surface area contributed by atoms with E-state index in [9.17, 15) is 4.79 Å². The summed E-state index contributed by atoms with van der Waals surface area (Å²) in [6.07, 6.45) is 2.34. The zero-order chi connectivity index (χ0) is 16.5. The lowest BCUT2D eigenvalue weighted by Crippen LogP contribution is -2.26. The molecule has 1 aromatic heterocycles. The van der Waals surface area contributed by atoms with Crippen molar-refractivity contribution in [3.05, 3.63) is 53.6 Å². The normalized spacial score (nSPS) is 15.7. The summed E-state index contributed by atoms with van der Waals surface area (Å²) in [6.45, 7) is 2.15. The highest BCUT2D eigenvalue weighted by molar-refractivity contribution is 6.03. The molecule has 0 atom stereocenters. The molecule has 0 aliphatic carbocycles. The van der Waals surface area contributed by atoms with Crippen molar-refractivity contribution in [2.24, 2.45) is 5.73 Å². The average Bonchev–Trinajstić information content (AvgIpc) is 3.06. The second-order valence-corrected chi connectivity index (χ2v) is 6.18. The monoisotopic (exact) mass is 321 g/mol. The first-order valence-corrected chi connectivity index (χ1v) is 8.23. The van der Waals surface area contributed by atoms with E-state index in [1.807, 2.05) is 18.2 Å². The number of nitrogens with two attached hydrogens (primary N) is 1. The molecule has 122 valence electrons. The summed E-state index contributed by atoms with van der Waals surface area (Å²) >= 11 is 0. The van der Waals surface area contributed by atoms with E-state index in [4.69, 9.17) is 10.2 Å². The summed E-state index contributed by atoms with van der Waals surface area (Å²) in [4.78, 5) is 16.0. The Kier molecular flexibility index (Phi) is 3.78. The number of aromatic nitrogens is 1. The minimum atomic E-state index is -0.510. The van der Waals surface area contributed by atoms with E-state index < -0.39 is 5.91 Å². The second kappa shape index (κ2) is 6.09. The molecule has 4 rings (SSSR count). The number of carbonyl (C=O) groups excluding carboxylic acids is 1. The number of nitrogens with zero attached hydrogens (tertiary/aromatic N) is 1. The molecule has 1 aliphatic rings. The van der Waals surface area contributed by atoms with Gasteiger partial charge in [-0.2, -0.15) is 0 Å². The summed E-state index contributed by atoms with van der Waals surface area (Å²) in [6, 6.07) is 13.6. The van der Waals surface area contributed by atoms with Crippen molar-refractivity contribution in [1.82, 2.24) is 10.3 Å². The van der Waals surface area contributed by atoms with Gasteiger partial charge in [-0.05, 0) is 61.7 Å². The lowest BCUT2D eigenvalue weighted by Gasteiger charge is -2.22. The highest BCUT2D eigenvalue weighted by atomic mass is 16.3. The Balaban J connectivity index is 1.67. The summed E-state index contributed by atoms with van der Waals surface area (Å²) < 4.78 is 5.81. The fourth-order valence-electron chi connectivity index (χ4n) is 3.32. The Morgan fingerprint density at radius 2 is 1.88 bits per heavy atom. The van der Waals surface area contributed by atoms with Crippen LogP contribution in [0.15, 0.2) is 46.9 Å². The molecule has 24 heavy (non-hydrogen) atoms. The lowest BCUT2D eigenvalue weighted by molar-refractivity contribution is 0.100. The van der Waals surface area contributed by atoms with Crippen molar-refractivity contribution < 1.29 is 9.21 Å². The van der Waals surface area contributed by atoms with Gasteiger partial charge in [0.2, 0.25) is 5.89 Å². The van der Waals surface area contributed by atoms with Crippen molar-refractivity contribution in [2.75, 3.05) is 13.1 Å². The van der Waals surface area contributed by atoms with Gasteiger partial charge in [-0.1, -0.05) is 18.2 Å². The van der Waals surface area contributed by atoms with E-state index in [0.717, 1.165) is 18.7 Å². The minimum Gasteiger partial charge on any atom is -0.435 e. The van der Waals surface area contributed by atoms with Crippen LogP contribution < -0.4 is 11.1 Å². The van der Waals surface area contributed by atoms with Crippen molar-refractivity contribution >= 4 is 17.0 Å². The largest absolute Gasteiger partial charge is 0.435 e. The number of rotatable bonds is 3. The molecule has 1 amide bonds. The van der Waals surface area contributed by atoms with Gasteiger partial charge >= 0.3 is 0 Å². The molecule has 3 aromatic rings. The third-order valence-corrected chi connectivity index (χ3v) is 4.65. The maximum Gasteiger partial charge on any atom is 0.252 e. The summed E-state index contributed by atoms with van der Waals surface area (Å²) in [5.41, 5.74) is 9.10. The van der Waals surface area contributed by atoms with Crippen molar-refractivity contribution in [3.63, 3.8) is 0 Å². The minimum absolute atomic E-state index is 0.359. The number of para-hydroxylation sites is 1. The van der Waals surface area contributed by atoms with Crippen LogP contribution in [-0.2, 0) is 0 Å². The predicted octanol–water partition coefficient (Wildman–Crippen LogP) is 3.06. The van der Waals surface area contributed by atoms with Crippen molar-refractivity contribution in [2.45, 2.75) is 18.8 Å². The molecular formula is C19H19N3O2. The third-order valence-electron chi connectivity index (χ3n) is 4.65. The number of fused-ring (bicyclic) bond motifs is 1. The first-order chi connectivity index (χ1) is 11.7. The zero-order valence-electron chi connectivity index (χ0n) is 13.3. The number of primary amides is 1. The zero-order valence-corrected chi connectivity index (χ0v) is 13.3. The molecule has 0 spiro atoms. The van der Waals surface area contributed by atoms with Gasteiger partial charge in [-0.3, -0.25) is 4.79 Å². The molecule has 2 aromatic carbocycles. The second-order valence-electron chi connectivity index (χ2n) is 6.18. The highest BCUT2D eigenvalue weighted by Gasteiger charge is 2.17. The topological polar surface area (TPSA) is 81.2 Å². The summed E-state index contributed by atoms with van der Waals surface area (Å²) in [5, 5.41) is 3.39. The lowest BCUT2D eigenvalue weighted by atomic mass is 9.90. The molecule has 5 nitrogen and oxygen atoms in total. The molecule has 0 bridgehead atoms. The Morgan fingerprint density at radius 3 is 2.58 bits per heavy atom. The summed E-state index contributed by atoms with van der Waals surface area (Å²) in [7, 11) is 0. The molecular weight excluding hydrogens is 302 g/mol. The van der Waals surface area contributed by atoms with Gasteiger partial charge in [0.15, 0.2) is 5.58 Å². The standard InChI is InChI=1S/C19H19N3O2/c20-18(23)15-2-1-3-16-17(15)24-19(22-16)14-6-4-12(5-7-14)13-8-10-21-11-9-13/h1-7,13,21H,8-11H2,(H2,20,23). The molecule has 0 unspecified atom stereocenters. The molecule has 5 heteroatoms. The summed E-state index contributed by atoms with van der Waals surface area (Å²) in [5.74, 6) is 0.616. The van der Waals surface area contributed by atoms with E-state index in [1.165, 1.54) is 18.4 Å². The van der Waals surface area contributed by atoms with E-state index in [2.05, 4.69) is 22.4 Å². The Morgan fingerprint density at radius 1 is 1.12 bits per heavy atom. The van der Waals surface area contributed by atoms with E-state index in [1.54, 1.807) is 12.1 Å². The van der Waals surface area contributed by atoms with Crippen molar-refractivity contribution in [3.8, 4) is 11.5 Å². The number of hydrogen-bond acceptors (Lipinski definition) is 4. The fourth-order valence-corrected chi connectivity index (χ4v) is 3.32. The fraction of sp³-hybridized carbons (Fsp3) is 0.263. The van der Waals surface area contributed by atoms with Crippen LogP contribution >= 0.6 is 0 Å². The number of oxazole rings is 1. The van der Waals surface area contributed by atoms with Gasteiger partial charge in [-0.15, -0.1) is 0 Å². The number of carbonyl (C=O) groups is 1. The molecule has 3 N–H and O–H groups in total. The van der Waals surface area contributed by atoms with Gasteiger partial charge in [-0.25, -0.2) is 4.98 Å². The van der Waals surface area contributed by atoms with Crippen LogP contribution in [-0.4, -0.2) is 24.0 Å². The molecule has 1 fully saturated rings. The molecule has 0 saturated carbocycles. The van der Waals surface area contributed by atoms with Crippen LogP contribution in [0.5, 0.6) is 0 Å². The van der Waals surface area contributed by atoms with Crippen LogP contribution in [0.3, 0.4) is 0 Å². The average molecular weight is 321 g/mol. The van der Waals surface area contributed by atoms with E-state index in [-0.39, 0.29) is 0 Å². The van der Waals surface area contributed by atoms with E-state index >= 15 is 0 Å². The smallest absolute Gasteiger partial charge is 0.252 e. The molecule has 2 heterocycles. The van der Waals surface area contributed by atoms with Crippen molar-refractivity contribution in [1.29, 1.82) is 0 Å². The maximum absolute atomic E-state index is 11.5. The van der Waals surface area contributed by atoms with Gasteiger partial charge in [0, 0.05) is 5.56 Å². The SMILES string of the molecule is NC(=O)c1cccc2nc(-c3ccc(C4CCNCC4)cc3)oc12. The van der Waals surface area contributed by atoms with Crippen LogP contribution in [0.4, 0.5) is 0 Å². The van der Waals surface area contributed by atoms with Gasteiger partial charge in [0.1, 0.15) is 5.52 Å². The van der Waals surface area contributed by atoms with Crippen LogP contribution in [0, 0.1) is 0 Å². The molecule has 0 radical (unpaired) electrons. The molecule has 1 saturated heterocycles. The number of benzene rings is 2. The van der Waals surface area contributed by atoms with Crippen LogP contribution in [0.2, 0.25) is 0 Å². The Hall–Kier alpha value is -2.66.